The van der Waals surface area contributed by atoms with E-state index in [-0.39, 0.29) is 19.1 Å². The molecular weight excluding hydrogens is 224 g/mol. The van der Waals surface area contributed by atoms with Crippen LogP contribution in [0.2, 0.25) is 0 Å². The Balaban J connectivity index is 2.49. The maximum atomic E-state index is 11.6. The van der Waals surface area contributed by atoms with Crippen LogP contribution >= 0.6 is 0 Å². The highest BCUT2D eigenvalue weighted by Crippen LogP contribution is 2.13. The van der Waals surface area contributed by atoms with E-state index in [4.69, 9.17) is 17.2 Å². The van der Waals surface area contributed by atoms with Crippen LogP contribution in [0.5, 0.6) is 0 Å². The number of ether oxygens (including phenoxy) is 1. The van der Waals surface area contributed by atoms with Crippen LogP contribution in [0.3, 0.4) is 0 Å². The molecule has 17 heavy (non-hydrogen) atoms. The number of hydrogen-bond donors (Lipinski definition) is 4. The van der Waals surface area contributed by atoms with Gasteiger partial charge in [0.2, 0.25) is 0 Å². The van der Waals surface area contributed by atoms with Crippen LogP contribution in [0, 0.1) is 0 Å². The number of nitrogen functional groups attached to an aromatic ring is 2. The van der Waals surface area contributed by atoms with Gasteiger partial charge in [-0.2, -0.15) is 0 Å². The fraction of sp³-hybridized carbons (Fsp3) is 0.200. The van der Waals surface area contributed by atoms with Gasteiger partial charge in [-0.05, 0) is 18.2 Å². The number of nitrogens with one attached hydrogen (secondary N) is 1. The van der Waals surface area contributed by atoms with Crippen LogP contribution < -0.4 is 22.5 Å². The maximum absolute atomic E-state index is 11.6. The zero-order chi connectivity index (χ0) is 12.8. The van der Waals surface area contributed by atoms with Gasteiger partial charge in [0.15, 0.2) is 0 Å². The van der Waals surface area contributed by atoms with Gasteiger partial charge in [0.1, 0.15) is 6.61 Å². The summed E-state index contributed by atoms with van der Waals surface area (Å²) >= 11 is 0. The highest BCUT2D eigenvalue weighted by atomic mass is 16.5. The molecule has 7 heteroatoms. The van der Waals surface area contributed by atoms with E-state index in [1.807, 2.05) is 0 Å². The van der Waals surface area contributed by atoms with E-state index in [1.165, 1.54) is 12.1 Å². The van der Waals surface area contributed by atoms with Gasteiger partial charge >= 0.3 is 6.09 Å². The molecule has 0 heterocycles. The second kappa shape index (κ2) is 5.59. The summed E-state index contributed by atoms with van der Waals surface area (Å²) in [5.74, 6) is -0.350. The summed E-state index contributed by atoms with van der Waals surface area (Å²) in [6.45, 7) is 0.176. The van der Waals surface area contributed by atoms with Crippen LogP contribution in [0.15, 0.2) is 18.2 Å². The fourth-order valence-corrected chi connectivity index (χ4v) is 1.23. The number of primary amides is 1. The maximum Gasteiger partial charge on any atom is 0.404 e. The number of carbonyl (C=O) groups is 2. The van der Waals surface area contributed by atoms with Crippen LogP contribution in [-0.4, -0.2) is 25.2 Å². The molecule has 0 bridgehead atoms. The van der Waals surface area contributed by atoms with E-state index < -0.39 is 6.09 Å². The Labute approximate surface area is 97.9 Å². The number of amides is 2. The molecule has 0 aromatic heterocycles. The number of benzene rings is 1. The lowest BCUT2D eigenvalue weighted by Gasteiger charge is -2.06. The molecule has 0 fully saturated rings. The molecule has 0 saturated heterocycles. The Morgan fingerprint density at radius 1 is 1.18 bits per heavy atom. The molecule has 7 N–H and O–H groups in total. The predicted octanol–water partition coefficient (Wildman–Crippen LogP) is -0.324. The number of carbonyl (C=O) groups excluding carboxylic acids is 2. The molecule has 0 radical (unpaired) electrons. The molecule has 0 aliphatic heterocycles. The first-order valence-corrected chi connectivity index (χ1v) is 4.85. The Hall–Kier alpha value is -2.44. The number of rotatable bonds is 4. The van der Waals surface area contributed by atoms with Crippen molar-refractivity contribution in [3.05, 3.63) is 23.8 Å². The van der Waals surface area contributed by atoms with Gasteiger partial charge in [0.25, 0.3) is 5.91 Å². The van der Waals surface area contributed by atoms with Crippen molar-refractivity contribution in [3.63, 3.8) is 0 Å². The van der Waals surface area contributed by atoms with Crippen LogP contribution in [0.1, 0.15) is 10.4 Å². The SMILES string of the molecule is NC(=O)OCCNC(=O)c1cc(N)cc(N)c1. The first-order chi connectivity index (χ1) is 7.99. The predicted molar refractivity (Wildman–Crippen MR) is 63.1 cm³/mol. The van der Waals surface area contributed by atoms with Crippen molar-refractivity contribution in [3.8, 4) is 0 Å². The molecule has 92 valence electrons. The molecule has 0 spiro atoms. The largest absolute Gasteiger partial charge is 0.448 e. The molecule has 7 nitrogen and oxygen atoms in total. The molecule has 0 saturated carbocycles. The van der Waals surface area contributed by atoms with Crippen molar-refractivity contribution in [2.24, 2.45) is 5.73 Å². The lowest BCUT2D eigenvalue weighted by molar-refractivity contribution is 0.0937. The van der Waals surface area contributed by atoms with Crippen molar-refractivity contribution < 1.29 is 14.3 Å². The minimum Gasteiger partial charge on any atom is -0.448 e. The van der Waals surface area contributed by atoms with Crippen molar-refractivity contribution in [2.75, 3.05) is 24.6 Å². The Morgan fingerprint density at radius 3 is 2.29 bits per heavy atom. The van der Waals surface area contributed by atoms with E-state index in [1.54, 1.807) is 6.07 Å². The van der Waals surface area contributed by atoms with Crippen molar-refractivity contribution in [2.45, 2.75) is 0 Å². The van der Waals surface area contributed by atoms with Crippen molar-refractivity contribution in [1.29, 1.82) is 0 Å². The summed E-state index contributed by atoms with van der Waals surface area (Å²) in [4.78, 5) is 21.9. The first-order valence-electron chi connectivity index (χ1n) is 4.85. The quantitative estimate of drug-likeness (QED) is 0.421. The van der Waals surface area contributed by atoms with Crippen LogP contribution in [0.4, 0.5) is 16.2 Å². The summed E-state index contributed by atoms with van der Waals surface area (Å²) in [5, 5.41) is 2.53. The van der Waals surface area contributed by atoms with Gasteiger partial charge in [-0.3, -0.25) is 4.79 Å². The zero-order valence-electron chi connectivity index (χ0n) is 9.10. The Bertz CT molecular complexity index is 413. The second-order valence-electron chi connectivity index (χ2n) is 3.31. The van der Waals surface area contributed by atoms with Gasteiger partial charge in [-0.15, -0.1) is 0 Å². The van der Waals surface area contributed by atoms with Crippen LogP contribution in [0.25, 0.3) is 0 Å². The van der Waals surface area contributed by atoms with Gasteiger partial charge in [0.05, 0.1) is 6.54 Å². The summed E-state index contributed by atoms with van der Waals surface area (Å²) in [5.41, 5.74) is 17.0. The third-order valence-electron chi connectivity index (χ3n) is 1.87. The van der Waals surface area contributed by atoms with E-state index >= 15 is 0 Å². The molecular formula is C10H14N4O3. The average Bonchev–Trinajstić information content (AvgIpc) is 2.22. The standard InChI is InChI=1S/C10H14N4O3/c11-7-3-6(4-8(12)5-7)9(15)14-1-2-17-10(13)16/h3-5H,1-2,11-12H2,(H2,13,16)(H,14,15). The number of nitrogens with two attached hydrogens (primary N) is 3. The normalized spacial score (nSPS) is 9.65. The van der Waals surface area contributed by atoms with E-state index in [9.17, 15) is 9.59 Å². The molecule has 1 aromatic carbocycles. The average molecular weight is 238 g/mol. The molecule has 0 atom stereocenters. The lowest BCUT2D eigenvalue weighted by atomic mass is 10.1. The molecule has 1 rings (SSSR count). The Kier molecular flexibility index (Phi) is 4.15. The molecule has 0 aliphatic carbocycles. The van der Waals surface area contributed by atoms with Gasteiger partial charge in [-0.1, -0.05) is 0 Å². The van der Waals surface area contributed by atoms with Crippen molar-refractivity contribution in [1.82, 2.24) is 5.32 Å². The molecule has 0 aliphatic rings. The molecule has 1 aromatic rings. The summed E-state index contributed by atoms with van der Waals surface area (Å²) in [6, 6.07) is 4.55. The van der Waals surface area contributed by atoms with Crippen LogP contribution in [-0.2, 0) is 4.74 Å². The second-order valence-corrected chi connectivity index (χ2v) is 3.31. The minimum absolute atomic E-state index is 0.0128. The van der Waals surface area contributed by atoms with Gasteiger partial charge < -0.3 is 27.3 Å². The highest BCUT2D eigenvalue weighted by Gasteiger charge is 2.06. The van der Waals surface area contributed by atoms with E-state index in [2.05, 4.69) is 10.1 Å². The molecule has 0 unspecified atom stereocenters. The van der Waals surface area contributed by atoms with Gasteiger partial charge in [0, 0.05) is 16.9 Å². The number of hydrogen-bond acceptors (Lipinski definition) is 5. The van der Waals surface area contributed by atoms with E-state index in [0.717, 1.165) is 0 Å². The third kappa shape index (κ3) is 4.29. The topological polar surface area (TPSA) is 133 Å². The van der Waals surface area contributed by atoms with Crippen molar-refractivity contribution >= 4 is 23.4 Å². The number of anilines is 2. The fourth-order valence-electron chi connectivity index (χ4n) is 1.23. The summed E-state index contributed by atoms with van der Waals surface area (Å²) < 4.78 is 4.45. The zero-order valence-corrected chi connectivity index (χ0v) is 9.10. The Morgan fingerprint density at radius 2 is 1.76 bits per heavy atom. The molecule has 2 amide bonds. The minimum atomic E-state index is -0.882. The first kappa shape index (κ1) is 12.6. The third-order valence-corrected chi connectivity index (χ3v) is 1.87. The lowest BCUT2D eigenvalue weighted by Crippen LogP contribution is -2.29. The van der Waals surface area contributed by atoms with Gasteiger partial charge in [-0.25, -0.2) is 4.79 Å². The van der Waals surface area contributed by atoms with E-state index in [0.29, 0.717) is 16.9 Å². The highest BCUT2D eigenvalue weighted by molar-refractivity contribution is 5.96. The summed E-state index contributed by atoms with van der Waals surface area (Å²) in [7, 11) is 0. The monoisotopic (exact) mass is 238 g/mol. The summed E-state index contributed by atoms with van der Waals surface area (Å²) in [6.07, 6.45) is -0.882. The smallest absolute Gasteiger partial charge is 0.404 e.